The molecule has 1 aromatic heterocycles. The lowest BCUT2D eigenvalue weighted by Gasteiger charge is -2.17. The number of pyridine rings is 1. The van der Waals surface area contributed by atoms with E-state index in [1.165, 1.54) is 4.31 Å². The molecule has 1 saturated heterocycles. The fraction of sp³-hybridized carbons (Fsp3) is 0.368. The minimum absolute atomic E-state index is 0.140. The van der Waals surface area contributed by atoms with E-state index in [1.54, 1.807) is 43.6 Å². The van der Waals surface area contributed by atoms with E-state index in [4.69, 9.17) is 9.47 Å². The first-order valence-electron chi connectivity index (χ1n) is 8.95. The number of benzene rings is 1. The van der Waals surface area contributed by atoms with Crippen molar-refractivity contribution in [2.75, 3.05) is 36.9 Å². The molecule has 2 heterocycles. The van der Waals surface area contributed by atoms with Crippen LogP contribution in [0, 0.1) is 0 Å². The second-order valence-electron chi connectivity index (χ2n) is 6.32. The Labute approximate surface area is 164 Å². The Balaban J connectivity index is 1.59. The van der Waals surface area contributed by atoms with Crippen LogP contribution in [-0.4, -0.2) is 51.9 Å². The molecule has 0 saturated carbocycles. The van der Waals surface area contributed by atoms with E-state index in [0.29, 0.717) is 49.9 Å². The van der Waals surface area contributed by atoms with Gasteiger partial charge in [0, 0.05) is 38.0 Å². The Bertz CT molecular complexity index is 915. The molecule has 1 aliphatic heterocycles. The van der Waals surface area contributed by atoms with E-state index in [-0.39, 0.29) is 11.7 Å². The molecule has 9 heteroatoms. The third-order valence-corrected chi connectivity index (χ3v) is 6.15. The van der Waals surface area contributed by atoms with Crippen LogP contribution in [-0.2, 0) is 21.3 Å². The summed E-state index contributed by atoms with van der Waals surface area (Å²) in [4.78, 5) is 16.6. The number of ether oxygens (including phenoxy) is 2. The Morgan fingerprint density at radius 3 is 2.79 bits per heavy atom. The summed E-state index contributed by atoms with van der Waals surface area (Å²) in [6.45, 7) is 1.65. The maximum Gasteiger partial charge on any atom is 0.251 e. The topological polar surface area (TPSA) is 97.8 Å². The zero-order valence-electron chi connectivity index (χ0n) is 15.6. The number of amides is 1. The fourth-order valence-electron chi connectivity index (χ4n) is 2.85. The van der Waals surface area contributed by atoms with Crippen molar-refractivity contribution >= 4 is 21.6 Å². The van der Waals surface area contributed by atoms with Gasteiger partial charge in [-0.15, -0.1) is 0 Å². The molecule has 2 aromatic rings. The predicted octanol–water partition coefficient (Wildman–Crippen LogP) is 1.58. The molecule has 150 valence electrons. The lowest BCUT2D eigenvalue weighted by molar-refractivity contribution is 0.0951. The van der Waals surface area contributed by atoms with E-state index in [0.717, 1.165) is 5.56 Å². The van der Waals surface area contributed by atoms with Gasteiger partial charge in [-0.3, -0.25) is 9.10 Å². The zero-order chi connectivity index (χ0) is 20.0. The van der Waals surface area contributed by atoms with E-state index in [2.05, 4.69) is 10.3 Å². The van der Waals surface area contributed by atoms with E-state index >= 15 is 0 Å². The number of carbonyl (C=O) groups is 1. The number of rotatable bonds is 8. The first-order chi connectivity index (χ1) is 13.5. The lowest BCUT2D eigenvalue weighted by Crippen LogP contribution is -2.26. The highest BCUT2D eigenvalue weighted by atomic mass is 32.2. The van der Waals surface area contributed by atoms with Crippen molar-refractivity contribution in [1.29, 1.82) is 0 Å². The number of nitrogens with zero attached hydrogens (tertiary/aromatic N) is 2. The van der Waals surface area contributed by atoms with Crippen molar-refractivity contribution in [3.8, 4) is 5.88 Å². The number of carbonyl (C=O) groups excluding carboxylic acids is 1. The summed E-state index contributed by atoms with van der Waals surface area (Å²) in [6, 6.07) is 10.2. The minimum atomic E-state index is -3.28. The van der Waals surface area contributed by atoms with Crippen LogP contribution in [0.4, 0.5) is 5.69 Å². The summed E-state index contributed by atoms with van der Waals surface area (Å²) in [6.07, 6.45) is 2.23. The van der Waals surface area contributed by atoms with Crippen molar-refractivity contribution in [3.05, 3.63) is 53.7 Å². The second kappa shape index (κ2) is 9.03. The first-order valence-corrected chi connectivity index (χ1v) is 10.6. The quantitative estimate of drug-likeness (QED) is 0.670. The van der Waals surface area contributed by atoms with Gasteiger partial charge in [-0.2, -0.15) is 0 Å². The lowest BCUT2D eigenvalue weighted by atomic mass is 10.1. The van der Waals surface area contributed by atoms with Crippen molar-refractivity contribution in [3.63, 3.8) is 0 Å². The molecular weight excluding hydrogens is 382 g/mol. The predicted molar refractivity (Wildman–Crippen MR) is 105 cm³/mol. The van der Waals surface area contributed by atoms with Crippen LogP contribution in [0.15, 0.2) is 42.6 Å². The number of hydrogen-bond acceptors (Lipinski definition) is 6. The number of anilines is 1. The molecule has 1 N–H and O–H groups in total. The van der Waals surface area contributed by atoms with Gasteiger partial charge in [0.2, 0.25) is 15.9 Å². The Morgan fingerprint density at radius 2 is 2.11 bits per heavy atom. The molecule has 0 atom stereocenters. The Morgan fingerprint density at radius 1 is 1.25 bits per heavy atom. The SMILES string of the molecule is COCCOc1ccc(CNC(=O)c2cccc(N3CCCS3(=O)=O)c2)cn1. The molecule has 8 nitrogen and oxygen atoms in total. The molecule has 1 aromatic carbocycles. The highest BCUT2D eigenvalue weighted by Crippen LogP contribution is 2.24. The minimum Gasteiger partial charge on any atom is -0.475 e. The average molecular weight is 405 g/mol. The van der Waals surface area contributed by atoms with Crippen LogP contribution >= 0.6 is 0 Å². The number of hydrogen-bond donors (Lipinski definition) is 1. The number of methoxy groups -OCH3 is 1. The smallest absolute Gasteiger partial charge is 0.251 e. The molecule has 1 amide bonds. The molecule has 0 unspecified atom stereocenters. The average Bonchev–Trinajstić information content (AvgIpc) is 3.06. The monoisotopic (exact) mass is 405 g/mol. The molecule has 1 fully saturated rings. The zero-order valence-corrected chi connectivity index (χ0v) is 16.4. The maximum atomic E-state index is 12.4. The standard InChI is InChI=1S/C19H23N3O5S/c1-26-9-10-27-18-7-6-15(13-20-18)14-21-19(23)16-4-2-5-17(12-16)22-8-3-11-28(22,24)25/h2,4-7,12-13H,3,8-11,14H2,1H3,(H,21,23). The van der Waals surface area contributed by atoms with Gasteiger partial charge in [0.15, 0.2) is 0 Å². The van der Waals surface area contributed by atoms with Crippen LogP contribution in [0.2, 0.25) is 0 Å². The molecule has 0 aliphatic carbocycles. The summed E-state index contributed by atoms with van der Waals surface area (Å²) in [5.74, 6) is 0.354. The number of nitrogens with one attached hydrogen (secondary N) is 1. The summed E-state index contributed by atoms with van der Waals surface area (Å²) >= 11 is 0. The Kier molecular flexibility index (Phi) is 6.48. The summed E-state index contributed by atoms with van der Waals surface area (Å²) in [7, 11) is -1.68. The molecule has 0 bridgehead atoms. The highest BCUT2D eigenvalue weighted by molar-refractivity contribution is 7.93. The Hall–Kier alpha value is -2.65. The van der Waals surface area contributed by atoms with E-state index < -0.39 is 10.0 Å². The van der Waals surface area contributed by atoms with Crippen molar-refractivity contribution < 1.29 is 22.7 Å². The number of sulfonamides is 1. The van der Waals surface area contributed by atoms with Crippen molar-refractivity contribution in [1.82, 2.24) is 10.3 Å². The molecule has 1 aliphatic rings. The maximum absolute atomic E-state index is 12.4. The van der Waals surface area contributed by atoms with Crippen LogP contribution in [0.5, 0.6) is 5.88 Å². The van der Waals surface area contributed by atoms with Crippen LogP contribution < -0.4 is 14.4 Å². The normalized spacial score (nSPS) is 15.4. The van der Waals surface area contributed by atoms with Gasteiger partial charge in [0.1, 0.15) is 6.61 Å². The second-order valence-corrected chi connectivity index (χ2v) is 8.33. The third kappa shape index (κ3) is 4.99. The molecule has 28 heavy (non-hydrogen) atoms. The highest BCUT2D eigenvalue weighted by Gasteiger charge is 2.28. The first kappa shape index (κ1) is 20.1. The third-order valence-electron chi connectivity index (χ3n) is 4.28. The molecular formula is C19H23N3O5S. The number of aromatic nitrogens is 1. The van der Waals surface area contributed by atoms with Crippen molar-refractivity contribution in [2.45, 2.75) is 13.0 Å². The van der Waals surface area contributed by atoms with Crippen LogP contribution in [0.1, 0.15) is 22.3 Å². The summed E-state index contributed by atoms with van der Waals surface area (Å²) < 4.78 is 35.8. The van der Waals surface area contributed by atoms with Crippen LogP contribution in [0.25, 0.3) is 0 Å². The van der Waals surface area contributed by atoms with Gasteiger partial charge in [-0.05, 0) is 30.2 Å². The van der Waals surface area contributed by atoms with Gasteiger partial charge in [0.25, 0.3) is 5.91 Å². The van der Waals surface area contributed by atoms with Gasteiger partial charge in [0.05, 0.1) is 18.0 Å². The van der Waals surface area contributed by atoms with Crippen molar-refractivity contribution in [2.24, 2.45) is 0 Å². The van der Waals surface area contributed by atoms with Gasteiger partial charge >= 0.3 is 0 Å². The fourth-order valence-corrected chi connectivity index (χ4v) is 4.40. The summed E-state index contributed by atoms with van der Waals surface area (Å²) in [5, 5.41) is 2.82. The largest absolute Gasteiger partial charge is 0.475 e. The van der Waals surface area contributed by atoms with Gasteiger partial charge in [-0.25, -0.2) is 13.4 Å². The van der Waals surface area contributed by atoms with E-state index in [9.17, 15) is 13.2 Å². The molecule has 0 spiro atoms. The van der Waals surface area contributed by atoms with Crippen LogP contribution in [0.3, 0.4) is 0 Å². The van der Waals surface area contributed by atoms with Gasteiger partial charge < -0.3 is 14.8 Å². The molecule has 3 rings (SSSR count). The van der Waals surface area contributed by atoms with Gasteiger partial charge in [-0.1, -0.05) is 12.1 Å². The molecule has 0 radical (unpaired) electrons. The summed E-state index contributed by atoms with van der Waals surface area (Å²) in [5.41, 5.74) is 1.75. The van der Waals surface area contributed by atoms with E-state index in [1.807, 2.05) is 6.07 Å².